The number of fused-ring (bicyclic) bond motifs is 3. The molecule has 7 heteroatoms. The Morgan fingerprint density at radius 2 is 2.00 bits per heavy atom. The van der Waals surface area contributed by atoms with E-state index in [1.807, 2.05) is 60.2 Å². The van der Waals surface area contributed by atoms with E-state index in [0.717, 1.165) is 47.2 Å². The smallest absolute Gasteiger partial charge is 0.271 e. The normalized spacial score (nSPS) is 21.3. The van der Waals surface area contributed by atoms with Crippen molar-refractivity contribution in [1.82, 2.24) is 14.8 Å². The van der Waals surface area contributed by atoms with Crippen molar-refractivity contribution in [3.63, 3.8) is 0 Å². The van der Waals surface area contributed by atoms with E-state index in [-0.39, 0.29) is 17.9 Å². The van der Waals surface area contributed by atoms with E-state index in [9.17, 15) is 9.59 Å². The average Bonchev–Trinajstić information content (AvgIpc) is 3.41. The highest BCUT2D eigenvalue weighted by molar-refractivity contribution is 7.17. The molecule has 2 aliphatic rings. The van der Waals surface area contributed by atoms with Crippen molar-refractivity contribution >= 4 is 33.4 Å². The second-order valence-corrected chi connectivity index (χ2v) is 10.2. The Morgan fingerprint density at radius 3 is 2.79 bits per heavy atom. The largest absolute Gasteiger partial charge is 0.494 e. The first kappa shape index (κ1) is 22.0. The molecule has 0 radical (unpaired) electrons. The van der Waals surface area contributed by atoms with Crippen LogP contribution < -0.4 is 10.1 Å². The molecule has 0 bridgehead atoms. The Bertz CT molecular complexity index is 1180. The lowest BCUT2D eigenvalue weighted by atomic mass is 9.91. The second-order valence-electron chi connectivity index (χ2n) is 9.30. The van der Waals surface area contributed by atoms with Gasteiger partial charge in [0.15, 0.2) is 0 Å². The number of thiophene rings is 1. The zero-order chi connectivity index (χ0) is 23.0. The van der Waals surface area contributed by atoms with Crippen molar-refractivity contribution in [2.45, 2.75) is 70.6 Å². The molecule has 1 atom stereocenters. The number of para-hydroxylation sites is 1. The van der Waals surface area contributed by atoms with Crippen molar-refractivity contribution < 1.29 is 14.3 Å². The molecule has 3 aromatic rings. The lowest BCUT2D eigenvalue weighted by molar-refractivity contribution is -0.134. The van der Waals surface area contributed by atoms with Gasteiger partial charge in [-0.2, -0.15) is 0 Å². The average molecular weight is 466 g/mol. The van der Waals surface area contributed by atoms with E-state index in [1.54, 1.807) is 16.2 Å². The molecule has 0 saturated heterocycles. The molecular weight excluding hydrogens is 434 g/mol. The number of nitrogens with zero attached hydrogens (tertiary/aromatic N) is 2. The van der Waals surface area contributed by atoms with Crippen molar-refractivity contribution in [3.8, 4) is 5.75 Å². The van der Waals surface area contributed by atoms with E-state index in [2.05, 4.69) is 5.32 Å². The van der Waals surface area contributed by atoms with Gasteiger partial charge in [0.05, 0.1) is 29.9 Å². The number of benzene rings is 1. The Kier molecular flexibility index (Phi) is 5.91. The maximum Gasteiger partial charge on any atom is 0.271 e. The molecule has 2 amide bonds. The van der Waals surface area contributed by atoms with Gasteiger partial charge in [0.25, 0.3) is 5.91 Å². The molecule has 1 saturated carbocycles. The van der Waals surface area contributed by atoms with Crippen LogP contribution in [0.15, 0.2) is 41.8 Å². The number of carbonyl (C=O) groups excluding carboxylic acids is 2. The van der Waals surface area contributed by atoms with Crippen LogP contribution >= 0.6 is 11.3 Å². The van der Waals surface area contributed by atoms with E-state index < -0.39 is 5.54 Å². The molecule has 0 spiro atoms. The number of hydrogen-bond acceptors (Lipinski definition) is 4. The third-order valence-electron chi connectivity index (χ3n) is 7.08. The van der Waals surface area contributed by atoms with E-state index in [0.29, 0.717) is 25.4 Å². The third-order valence-corrected chi connectivity index (χ3v) is 7.93. The van der Waals surface area contributed by atoms with Gasteiger partial charge in [-0.25, -0.2) is 0 Å². The summed E-state index contributed by atoms with van der Waals surface area (Å²) < 4.78 is 8.93. The van der Waals surface area contributed by atoms with Gasteiger partial charge >= 0.3 is 0 Å². The van der Waals surface area contributed by atoms with Crippen molar-refractivity contribution in [2.24, 2.45) is 0 Å². The predicted molar refractivity (Wildman–Crippen MR) is 131 cm³/mol. The van der Waals surface area contributed by atoms with Gasteiger partial charge in [0, 0.05) is 11.6 Å². The van der Waals surface area contributed by atoms with Gasteiger partial charge in [-0.05, 0) is 50.3 Å². The summed E-state index contributed by atoms with van der Waals surface area (Å²) in [6.45, 7) is 5.16. The quantitative estimate of drug-likeness (QED) is 0.559. The first-order valence-corrected chi connectivity index (χ1v) is 12.8. The van der Waals surface area contributed by atoms with Crippen LogP contribution in [0, 0.1) is 0 Å². The first-order chi connectivity index (χ1) is 16.0. The SMILES string of the molecule is CCOc1ccccc1CN1C(=O)c2cc3sccc3n2CC1(C)C(=O)NC1CCCCC1. The molecule has 1 aromatic carbocycles. The number of amides is 2. The number of rotatable bonds is 6. The topological polar surface area (TPSA) is 63.6 Å². The van der Waals surface area contributed by atoms with E-state index in [4.69, 9.17) is 4.74 Å². The summed E-state index contributed by atoms with van der Waals surface area (Å²) >= 11 is 1.62. The summed E-state index contributed by atoms with van der Waals surface area (Å²) in [7, 11) is 0. The van der Waals surface area contributed by atoms with Crippen LogP contribution in [-0.2, 0) is 17.9 Å². The number of aromatic nitrogens is 1. The number of hydrogen-bond donors (Lipinski definition) is 1. The zero-order valence-electron chi connectivity index (χ0n) is 19.3. The number of ether oxygens (including phenoxy) is 1. The first-order valence-electron chi connectivity index (χ1n) is 11.9. The van der Waals surface area contributed by atoms with Crippen LogP contribution in [0.1, 0.15) is 62.0 Å². The summed E-state index contributed by atoms with van der Waals surface area (Å²) in [6, 6.07) is 12.0. The van der Waals surface area contributed by atoms with Gasteiger partial charge in [0.2, 0.25) is 5.91 Å². The minimum Gasteiger partial charge on any atom is -0.494 e. The highest BCUT2D eigenvalue weighted by atomic mass is 32.1. The highest BCUT2D eigenvalue weighted by Gasteiger charge is 2.48. The molecular formula is C26H31N3O3S. The maximum absolute atomic E-state index is 13.9. The van der Waals surface area contributed by atoms with Gasteiger partial charge in [-0.1, -0.05) is 37.5 Å². The van der Waals surface area contributed by atoms with Gasteiger partial charge in [-0.3, -0.25) is 9.59 Å². The minimum atomic E-state index is -1.01. The molecule has 3 heterocycles. The molecule has 1 aliphatic carbocycles. The molecule has 33 heavy (non-hydrogen) atoms. The number of nitrogens with one attached hydrogen (secondary N) is 1. The second kappa shape index (κ2) is 8.86. The molecule has 174 valence electrons. The molecule has 6 nitrogen and oxygen atoms in total. The van der Waals surface area contributed by atoms with Crippen LogP contribution in [0.25, 0.3) is 10.2 Å². The Labute approximate surface area is 198 Å². The molecule has 1 fully saturated rings. The van der Waals surface area contributed by atoms with Crippen LogP contribution in [0.5, 0.6) is 5.75 Å². The molecule has 1 unspecified atom stereocenters. The van der Waals surface area contributed by atoms with Crippen LogP contribution in [0.3, 0.4) is 0 Å². The minimum absolute atomic E-state index is 0.0700. The monoisotopic (exact) mass is 465 g/mol. The summed E-state index contributed by atoms with van der Waals surface area (Å²) in [5.74, 6) is 0.571. The summed E-state index contributed by atoms with van der Waals surface area (Å²) in [5, 5.41) is 5.33. The fraction of sp³-hybridized carbons (Fsp3) is 0.462. The van der Waals surface area contributed by atoms with E-state index >= 15 is 0 Å². The van der Waals surface area contributed by atoms with Gasteiger partial charge in [0.1, 0.15) is 17.0 Å². The molecule has 2 aromatic heterocycles. The van der Waals surface area contributed by atoms with Crippen LogP contribution in [0.4, 0.5) is 0 Å². The summed E-state index contributed by atoms with van der Waals surface area (Å²) in [6.07, 6.45) is 5.52. The van der Waals surface area contributed by atoms with Crippen LogP contribution in [0.2, 0.25) is 0 Å². The van der Waals surface area contributed by atoms with Crippen molar-refractivity contribution in [3.05, 3.63) is 53.0 Å². The molecule has 1 N–H and O–H groups in total. The summed E-state index contributed by atoms with van der Waals surface area (Å²) in [4.78, 5) is 29.4. The maximum atomic E-state index is 13.9. The fourth-order valence-corrected chi connectivity index (χ4v) is 6.03. The standard InChI is InChI=1S/C26H31N3O3S/c1-3-32-22-12-8-7-9-18(22)16-29-24(30)21-15-23-20(13-14-33-23)28(21)17-26(29,2)25(31)27-19-10-5-4-6-11-19/h7-9,12-15,19H,3-6,10-11,16-17H2,1-2H3,(H,27,31). The van der Waals surface area contributed by atoms with Crippen molar-refractivity contribution in [2.75, 3.05) is 6.61 Å². The van der Waals surface area contributed by atoms with Gasteiger partial charge in [-0.15, -0.1) is 11.3 Å². The van der Waals surface area contributed by atoms with Crippen molar-refractivity contribution in [1.29, 1.82) is 0 Å². The Hall–Kier alpha value is -2.80. The zero-order valence-corrected chi connectivity index (χ0v) is 20.1. The predicted octanol–water partition coefficient (Wildman–Crippen LogP) is 4.97. The fourth-order valence-electron chi connectivity index (χ4n) is 5.21. The number of carbonyl (C=O) groups is 2. The summed E-state index contributed by atoms with van der Waals surface area (Å²) in [5.41, 5.74) is 1.57. The lowest BCUT2D eigenvalue weighted by Gasteiger charge is -2.45. The highest BCUT2D eigenvalue weighted by Crippen LogP contribution is 2.36. The Balaban J connectivity index is 1.54. The van der Waals surface area contributed by atoms with Crippen LogP contribution in [-0.4, -0.2) is 39.5 Å². The van der Waals surface area contributed by atoms with E-state index in [1.165, 1.54) is 6.42 Å². The lowest BCUT2D eigenvalue weighted by Crippen LogP contribution is -2.64. The molecule has 5 rings (SSSR count). The molecule has 1 aliphatic heterocycles. The third kappa shape index (κ3) is 3.92. The van der Waals surface area contributed by atoms with Gasteiger partial charge < -0.3 is 19.5 Å². The Morgan fingerprint density at radius 1 is 1.21 bits per heavy atom.